The highest BCUT2D eigenvalue weighted by Gasteiger charge is 2.33. The van der Waals surface area contributed by atoms with Gasteiger partial charge in [0.15, 0.2) is 0 Å². The van der Waals surface area contributed by atoms with Gasteiger partial charge >= 0.3 is 0 Å². The molecule has 2 atom stereocenters. The van der Waals surface area contributed by atoms with E-state index in [0.29, 0.717) is 12.3 Å². The lowest BCUT2D eigenvalue weighted by Crippen LogP contribution is -2.42. The normalized spacial score (nSPS) is 17.9. The molecule has 0 bridgehead atoms. The number of amides is 1. The molecule has 2 aromatic rings. The van der Waals surface area contributed by atoms with E-state index in [1.807, 2.05) is 37.3 Å². The van der Waals surface area contributed by atoms with E-state index in [2.05, 4.69) is 0 Å². The molecular weight excluding hydrogens is 293 g/mol. The van der Waals surface area contributed by atoms with Crippen molar-refractivity contribution in [2.45, 2.75) is 39.0 Å². The molecule has 23 heavy (non-hydrogen) atoms. The number of fused-ring (bicyclic) bond motifs is 1. The predicted octanol–water partition coefficient (Wildman–Crippen LogP) is 3.71. The Morgan fingerprint density at radius 3 is 2.78 bits per heavy atom. The van der Waals surface area contributed by atoms with Gasteiger partial charge in [0.25, 0.3) is 5.91 Å². The molecule has 3 rings (SSSR count). The highest BCUT2D eigenvalue weighted by atomic mass is 19.1. The fourth-order valence-electron chi connectivity index (χ4n) is 2.98. The van der Waals surface area contributed by atoms with Gasteiger partial charge in [0.2, 0.25) is 0 Å². The Balaban J connectivity index is 1.71. The summed E-state index contributed by atoms with van der Waals surface area (Å²) in [6.45, 7) is 4.10. The van der Waals surface area contributed by atoms with Crippen molar-refractivity contribution in [2.75, 3.05) is 4.90 Å². The van der Waals surface area contributed by atoms with E-state index in [-0.39, 0.29) is 17.8 Å². The first-order valence-corrected chi connectivity index (χ1v) is 7.83. The number of carbonyl (C=O) groups excluding carboxylic acids is 1. The van der Waals surface area contributed by atoms with Gasteiger partial charge in [0.05, 0.1) is 12.3 Å². The van der Waals surface area contributed by atoms with E-state index in [1.54, 1.807) is 17.9 Å². The zero-order valence-electron chi connectivity index (χ0n) is 13.3. The quantitative estimate of drug-likeness (QED) is 0.861. The Morgan fingerprint density at radius 1 is 1.30 bits per heavy atom. The Labute approximate surface area is 135 Å². The third-order valence-electron chi connectivity index (χ3n) is 4.19. The van der Waals surface area contributed by atoms with Gasteiger partial charge in [-0.2, -0.15) is 0 Å². The smallest absolute Gasteiger partial charge is 0.256 e. The van der Waals surface area contributed by atoms with Crippen LogP contribution in [0.1, 0.15) is 25.0 Å². The van der Waals surface area contributed by atoms with Crippen molar-refractivity contribution in [2.24, 2.45) is 0 Å². The van der Waals surface area contributed by atoms with Crippen LogP contribution in [0.25, 0.3) is 0 Å². The topological polar surface area (TPSA) is 29.5 Å². The summed E-state index contributed by atoms with van der Waals surface area (Å²) in [6, 6.07) is 14.4. The third-order valence-corrected chi connectivity index (χ3v) is 4.19. The summed E-state index contributed by atoms with van der Waals surface area (Å²) < 4.78 is 19.2. The van der Waals surface area contributed by atoms with Gasteiger partial charge in [-0.05, 0) is 43.5 Å². The molecule has 0 spiro atoms. The largest absolute Gasteiger partial charge is 0.364 e. The van der Waals surface area contributed by atoms with E-state index < -0.39 is 6.10 Å². The molecule has 0 saturated heterocycles. The van der Waals surface area contributed by atoms with Crippen molar-refractivity contribution in [1.82, 2.24) is 0 Å². The molecule has 0 aromatic heterocycles. The van der Waals surface area contributed by atoms with Crippen LogP contribution in [0.4, 0.5) is 10.1 Å². The zero-order chi connectivity index (χ0) is 16.4. The number of hydrogen-bond donors (Lipinski definition) is 0. The number of nitrogens with zero attached hydrogens (tertiary/aromatic N) is 1. The maximum Gasteiger partial charge on any atom is 0.256 e. The summed E-state index contributed by atoms with van der Waals surface area (Å²) in [5.41, 5.74) is 2.69. The second-order valence-electron chi connectivity index (χ2n) is 5.97. The first-order chi connectivity index (χ1) is 11.1. The van der Waals surface area contributed by atoms with Crippen LogP contribution in [-0.4, -0.2) is 18.1 Å². The minimum Gasteiger partial charge on any atom is -0.364 e. The number of carbonyl (C=O) groups is 1. The molecule has 1 aliphatic heterocycles. The van der Waals surface area contributed by atoms with E-state index in [4.69, 9.17) is 4.74 Å². The minimum atomic E-state index is -0.577. The van der Waals surface area contributed by atoms with E-state index in [1.165, 1.54) is 12.1 Å². The van der Waals surface area contributed by atoms with Gasteiger partial charge in [-0.15, -0.1) is 0 Å². The monoisotopic (exact) mass is 313 g/mol. The molecule has 0 aliphatic carbocycles. The van der Waals surface area contributed by atoms with Crippen LogP contribution in [0.2, 0.25) is 0 Å². The lowest BCUT2D eigenvalue weighted by molar-refractivity contribution is -0.130. The lowest BCUT2D eigenvalue weighted by Gasteiger charge is -2.26. The standard InChI is InChI=1S/C19H20FNO2/c1-13-10-16-8-9-17(20)11-18(16)21(13)19(22)14(2)23-12-15-6-4-3-5-7-15/h3-9,11,13-14H,10,12H2,1-2H3. The highest BCUT2D eigenvalue weighted by Crippen LogP contribution is 2.33. The summed E-state index contributed by atoms with van der Waals surface area (Å²) in [4.78, 5) is 14.4. The molecule has 0 radical (unpaired) electrons. The van der Waals surface area contributed by atoms with Crippen molar-refractivity contribution in [3.8, 4) is 0 Å². The molecule has 4 heteroatoms. The SMILES string of the molecule is CC(OCc1ccccc1)C(=O)N1c2cc(F)ccc2CC1C. The summed E-state index contributed by atoms with van der Waals surface area (Å²) in [6.07, 6.45) is 0.166. The Bertz CT molecular complexity index is 702. The Kier molecular flexibility index (Phi) is 4.44. The minimum absolute atomic E-state index is 0.0158. The van der Waals surface area contributed by atoms with Gasteiger partial charge in [-0.1, -0.05) is 36.4 Å². The predicted molar refractivity (Wildman–Crippen MR) is 87.7 cm³/mol. The van der Waals surface area contributed by atoms with Crippen LogP contribution in [-0.2, 0) is 22.6 Å². The van der Waals surface area contributed by atoms with Gasteiger partial charge in [-0.3, -0.25) is 4.79 Å². The van der Waals surface area contributed by atoms with E-state index in [9.17, 15) is 9.18 Å². The number of rotatable bonds is 4. The van der Waals surface area contributed by atoms with E-state index in [0.717, 1.165) is 17.5 Å². The van der Waals surface area contributed by atoms with Crippen molar-refractivity contribution in [1.29, 1.82) is 0 Å². The number of hydrogen-bond acceptors (Lipinski definition) is 2. The molecule has 1 amide bonds. The number of anilines is 1. The fraction of sp³-hybridized carbons (Fsp3) is 0.316. The van der Waals surface area contributed by atoms with Crippen molar-refractivity contribution < 1.29 is 13.9 Å². The van der Waals surface area contributed by atoms with Gasteiger partial charge < -0.3 is 9.64 Å². The molecule has 0 fully saturated rings. The van der Waals surface area contributed by atoms with Crippen LogP contribution in [0.3, 0.4) is 0 Å². The molecule has 0 saturated carbocycles. The second kappa shape index (κ2) is 6.50. The average Bonchev–Trinajstić information content (AvgIpc) is 2.88. The van der Waals surface area contributed by atoms with Crippen LogP contribution < -0.4 is 4.90 Å². The maximum atomic E-state index is 13.5. The molecule has 2 unspecified atom stereocenters. The zero-order valence-corrected chi connectivity index (χ0v) is 13.3. The molecule has 120 valence electrons. The first-order valence-electron chi connectivity index (χ1n) is 7.83. The summed E-state index contributed by atoms with van der Waals surface area (Å²) >= 11 is 0. The van der Waals surface area contributed by atoms with Crippen molar-refractivity contribution in [3.63, 3.8) is 0 Å². The van der Waals surface area contributed by atoms with Gasteiger partial charge in [0, 0.05) is 6.04 Å². The van der Waals surface area contributed by atoms with Crippen LogP contribution in [0.5, 0.6) is 0 Å². The molecule has 1 aliphatic rings. The first kappa shape index (κ1) is 15.7. The fourth-order valence-corrected chi connectivity index (χ4v) is 2.98. The Hall–Kier alpha value is -2.20. The number of ether oxygens (including phenoxy) is 1. The van der Waals surface area contributed by atoms with Gasteiger partial charge in [0.1, 0.15) is 11.9 Å². The average molecular weight is 313 g/mol. The second-order valence-corrected chi connectivity index (χ2v) is 5.97. The summed E-state index contributed by atoms with van der Waals surface area (Å²) in [5, 5.41) is 0. The molecular formula is C19H20FNO2. The van der Waals surface area contributed by atoms with Crippen LogP contribution >= 0.6 is 0 Å². The number of halogens is 1. The van der Waals surface area contributed by atoms with Crippen LogP contribution in [0.15, 0.2) is 48.5 Å². The summed E-state index contributed by atoms with van der Waals surface area (Å²) in [5.74, 6) is -0.453. The van der Waals surface area contributed by atoms with Crippen LogP contribution in [0, 0.1) is 5.82 Å². The van der Waals surface area contributed by atoms with Gasteiger partial charge in [-0.25, -0.2) is 4.39 Å². The molecule has 0 N–H and O–H groups in total. The Morgan fingerprint density at radius 2 is 2.04 bits per heavy atom. The lowest BCUT2D eigenvalue weighted by atomic mass is 10.1. The molecule has 1 heterocycles. The molecule has 3 nitrogen and oxygen atoms in total. The molecule has 2 aromatic carbocycles. The summed E-state index contributed by atoms with van der Waals surface area (Å²) in [7, 11) is 0. The highest BCUT2D eigenvalue weighted by molar-refractivity contribution is 5.98. The van der Waals surface area contributed by atoms with Crippen molar-refractivity contribution >= 4 is 11.6 Å². The third kappa shape index (κ3) is 3.27. The van der Waals surface area contributed by atoms with Crippen molar-refractivity contribution in [3.05, 3.63) is 65.5 Å². The number of benzene rings is 2. The maximum absolute atomic E-state index is 13.5. The van der Waals surface area contributed by atoms with E-state index >= 15 is 0 Å².